The van der Waals surface area contributed by atoms with Crippen molar-refractivity contribution in [2.24, 2.45) is 0 Å². The number of sulfone groups is 1. The Balaban J connectivity index is 1.88. The number of benzene rings is 1. The van der Waals surface area contributed by atoms with Crippen molar-refractivity contribution >= 4 is 15.7 Å². The van der Waals surface area contributed by atoms with E-state index in [-0.39, 0.29) is 51.1 Å². The summed E-state index contributed by atoms with van der Waals surface area (Å²) in [4.78, 5) is 14.3. The van der Waals surface area contributed by atoms with Crippen molar-refractivity contribution < 1.29 is 26.7 Å². The van der Waals surface area contributed by atoms with Crippen LogP contribution in [0.4, 0.5) is 8.78 Å². The lowest BCUT2D eigenvalue weighted by Crippen LogP contribution is -2.56. The molecule has 2 aliphatic heterocycles. The number of carbonyl (C=O) groups is 1. The van der Waals surface area contributed by atoms with Gasteiger partial charge < -0.3 is 9.64 Å². The van der Waals surface area contributed by atoms with Gasteiger partial charge in [0.05, 0.1) is 6.54 Å². The van der Waals surface area contributed by atoms with E-state index in [4.69, 9.17) is 4.74 Å². The van der Waals surface area contributed by atoms with Crippen LogP contribution in [0.3, 0.4) is 0 Å². The summed E-state index contributed by atoms with van der Waals surface area (Å²) >= 11 is 0. The predicted molar refractivity (Wildman–Crippen MR) is 92.7 cm³/mol. The van der Waals surface area contributed by atoms with Crippen LogP contribution in [-0.2, 0) is 25.0 Å². The van der Waals surface area contributed by atoms with Crippen molar-refractivity contribution in [2.45, 2.75) is 36.6 Å². The van der Waals surface area contributed by atoms with Gasteiger partial charge in [-0.1, -0.05) is 6.07 Å². The molecule has 1 aromatic carbocycles. The Bertz CT molecular complexity index is 800. The molecule has 2 saturated heterocycles. The van der Waals surface area contributed by atoms with Crippen LogP contribution in [0.2, 0.25) is 0 Å². The largest absolute Gasteiger partial charge is 0.381 e. The monoisotopic (exact) mass is 387 g/mol. The SMILES string of the molecule is Cc1cc(F)cc(C2(F)CCN(C(=O)C3(S(C)(=O)=O)CCOCC3)C2)c1. The fourth-order valence-electron chi connectivity index (χ4n) is 3.91. The van der Waals surface area contributed by atoms with Crippen molar-refractivity contribution in [1.82, 2.24) is 4.90 Å². The van der Waals surface area contributed by atoms with Gasteiger partial charge in [0.15, 0.2) is 20.3 Å². The van der Waals surface area contributed by atoms with Crippen LogP contribution in [0.15, 0.2) is 18.2 Å². The first-order chi connectivity index (χ1) is 12.1. The smallest absolute Gasteiger partial charge is 0.244 e. The van der Waals surface area contributed by atoms with E-state index in [2.05, 4.69) is 0 Å². The lowest BCUT2D eigenvalue weighted by molar-refractivity contribution is -0.136. The molecule has 1 atom stereocenters. The molecule has 0 saturated carbocycles. The molecule has 5 nitrogen and oxygen atoms in total. The van der Waals surface area contributed by atoms with Crippen LogP contribution in [0.5, 0.6) is 0 Å². The molecule has 144 valence electrons. The number of hydrogen-bond donors (Lipinski definition) is 0. The minimum absolute atomic E-state index is 0.0119. The molecule has 26 heavy (non-hydrogen) atoms. The number of aryl methyl sites for hydroxylation is 1. The number of hydrogen-bond acceptors (Lipinski definition) is 4. The maximum Gasteiger partial charge on any atom is 0.244 e. The van der Waals surface area contributed by atoms with Crippen LogP contribution in [0.25, 0.3) is 0 Å². The molecule has 0 aromatic heterocycles. The molecule has 1 aromatic rings. The molecule has 2 aliphatic rings. The molecule has 0 radical (unpaired) electrons. The minimum Gasteiger partial charge on any atom is -0.381 e. The van der Waals surface area contributed by atoms with E-state index in [0.29, 0.717) is 5.56 Å². The molecule has 2 fully saturated rings. The summed E-state index contributed by atoms with van der Waals surface area (Å²) in [5.41, 5.74) is -1.10. The molecule has 1 amide bonds. The molecule has 3 rings (SSSR count). The van der Waals surface area contributed by atoms with E-state index in [1.165, 1.54) is 11.0 Å². The summed E-state index contributed by atoms with van der Waals surface area (Å²) in [7, 11) is -3.69. The number of nitrogens with zero attached hydrogens (tertiary/aromatic N) is 1. The van der Waals surface area contributed by atoms with Crippen LogP contribution < -0.4 is 0 Å². The molecule has 1 unspecified atom stereocenters. The second kappa shape index (κ2) is 6.56. The summed E-state index contributed by atoms with van der Waals surface area (Å²) in [6, 6.07) is 4.02. The Morgan fingerprint density at radius 3 is 2.42 bits per heavy atom. The minimum atomic E-state index is -3.69. The zero-order chi connectivity index (χ0) is 19.2. The number of likely N-dealkylation sites (tertiary alicyclic amines) is 1. The number of alkyl halides is 1. The standard InChI is InChI=1S/C18H23F2NO4S/c1-13-9-14(11-15(19)10-13)17(20)3-6-21(12-17)16(22)18(26(2,23)24)4-7-25-8-5-18/h9-11H,3-8,12H2,1-2H3. The van der Waals surface area contributed by atoms with Gasteiger partial charge in [-0.2, -0.15) is 0 Å². The molecular weight excluding hydrogens is 364 g/mol. The number of halogens is 2. The molecule has 0 bridgehead atoms. The van der Waals surface area contributed by atoms with Gasteiger partial charge in [0, 0.05) is 32.4 Å². The highest BCUT2D eigenvalue weighted by molar-refractivity contribution is 7.92. The summed E-state index contributed by atoms with van der Waals surface area (Å²) in [5.74, 6) is -1.10. The third-order valence-electron chi connectivity index (χ3n) is 5.47. The Kier molecular flexibility index (Phi) is 4.85. The third kappa shape index (κ3) is 3.24. The van der Waals surface area contributed by atoms with E-state index in [1.54, 1.807) is 13.0 Å². The van der Waals surface area contributed by atoms with E-state index in [0.717, 1.165) is 12.3 Å². The lowest BCUT2D eigenvalue weighted by Gasteiger charge is -2.37. The zero-order valence-corrected chi connectivity index (χ0v) is 15.7. The Morgan fingerprint density at radius 2 is 1.85 bits per heavy atom. The maximum atomic E-state index is 15.5. The Morgan fingerprint density at radius 1 is 1.19 bits per heavy atom. The van der Waals surface area contributed by atoms with E-state index in [9.17, 15) is 17.6 Å². The van der Waals surface area contributed by atoms with Gasteiger partial charge in [-0.3, -0.25) is 4.79 Å². The summed E-state index contributed by atoms with van der Waals surface area (Å²) in [6.07, 6.45) is 1.20. The quantitative estimate of drug-likeness (QED) is 0.797. The first-order valence-corrected chi connectivity index (χ1v) is 10.5. The summed E-state index contributed by atoms with van der Waals surface area (Å²) in [6.45, 7) is 1.86. The molecule has 2 heterocycles. The average molecular weight is 387 g/mol. The lowest BCUT2D eigenvalue weighted by atomic mass is 9.93. The van der Waals surface area contributed by atoms with Gasteiger partial charge >= 0.3 is 0 Å². The van der Waals surface area contributed by atoms with Crippen LogP contribution >= 0.6 is 0 Å². The van der Waals surface area contributed by atoms with Gasteiger partial charge in [0.1, 0.15) is 5.82 Å². The van der Waals surface area contributed by atoms with Gasteiger partial charge in [-0.15, -0.1) is 0 Å². The van der Waals surface area contributed by atoms with Gasteiger partial charge in [-0.05, 0) is 43.0 Å². The fraction of sp³-hybridized carbons (Fsp3) is 0.611. The van der Waals surface area contributed by atoms with E-state index >= 15 is 4.39 Å². The van der Waals surface area contributed by atoms with Crippen molar-refractivity contribution in [3.63, 3.8) is 0 Å². The maximum absolute atomic E-state index is 15.5. The Hall–Kier alpha value is -1.54. The molecule has 0 N–H and O–H groups in total. The first-order valence-electron chi connectivity index (χ1n) is 8.61. The molecular formula is C18H23F2NO4S. The van der Waals surface area contributed by atoms with Crippen LogP contribution in [0.1, 0.15) is 30.4 Å². The molecule has 0 spiro atoms. The normalized spacial score (nSPS) is 26.1. The number of ether oxygens (including phenoxy) is 1. The zero-order valence-electron chi connectivity index (χ0n) is 14.9. The summed E-state index contributed by atoms with van der Waals surface area (Å²) < 4.78 is 57.6. The molecule has 0 aliphatic carbocycles. The highest BCUT2D eigenvalue weighted by Gasteiger charge is 2.54. The average Bonchev–Trinajstić information content (AvgIpc) is 2.96. The number of rotatable bonds is 3. The second-order valence-corrected chi connectivity index (χ2v) is 9.66. The highest BCUT2D eigenvalue weighted by Crippen LogP contribution is 2.40. The summed E-state index contributed by atoms with van der Waals surface area (Å²) in [5, 5.41) is 0. The van der Waals surface area contributed by atoms with Crippen molar-refractivity contribution in [2.75, 3.05) is 32.6 Å². The van der Waals surface area contributed by atoms with Crippen molar-refractivity contribution in [1.29, 1.82) is 0 Å². The second-order valence-electron chi connectivity index (χ2n) is 7.34. The van der Waals surface area contributed by atoms with E-state index in [1.807, 2.05) is 0 Å². The van der Waals surface area contributed by atoms with Gasteiger partial charge in [0.25, 0.3) is 0 Å². The highest BCUT2D eigenvalue weighted by atomic mass is 32.2. The Labute approximate surface area is 152 Å². The predicted octanol–water partition coefficient (Wildman–Crippen LogP) is 2.13. The van der Waals surface area contributed by atoms with Crippen molar-refractivity contribution in [3.05, 3.63) is 35.1 Å². The van der Waals surface area contributed by atoms with Crippen LogP contribution in [0, 0.1) is 12.7 Å². The topological polar surface area (TPSA) is 63.7 Å². The van der Waals surface area contributed by atoms with Crippen LogP contribution in [-0.4, -0.2) is 56.5 Å². The van der Waals surface area contributed by atoms with Gasteiger partial charge in [0.2, 0.25) is 5.91 Å². The van der Waals surface area contributed by atoms with Crippen molar-refractivity contribution in [3.8, 4) is 0 Å². The fourth-order valence-corrected chi connectivity index (χ4v) is 5.26. The third-order valence-corrected chi connectivity index (χ3v) is 7.47. The first kappa shape index (κ1) is 19.2. The van der Waals surface area contributed by atoms with Gasteiger partial charge in [-0.25, -0.2) is 17.2 Å². The number of carbonyl (C=O) groups excluding carboxylic acids is 1. The van der Waals surface area contributed by atoms with E-state index < -0.39 is 32.0 Å². The molecule has 8 heteroatoms. The number of amides is 1.